The minimum atomic E-state index is 0.816. The fourth-order valence-corrected chi connectivity index (χ4v) is 2.42. The predicted molar refractivity (Wildman–Crippen MR) is 88.2 cm³/mol. The van der Waals surface area contributed by atoms with Gasteiger partial charge in [0.25, 0.3) is 0 Å². The van der Waals surface area contributed by atoms with Gasteiger partial charge in [0.2, 0.25) is 0 Å². The van der Waals surface area contributed by atoms with Crippen LogP contribution in [0.4, 0.5) is 0 Å². The maximum atomic E-state index is 5.33. The van der Waals surface area contributed by atoms with Gasteiger partial charge in [0.05, 0.1) is 14.2 Å². The molecule has 0 N–H and O–H groups in total. The van der Waals surface area contributed by atoms with Crippen LogP contribution in [0.15, 0.2) is 42.5 Å². The Hall–Kier alpha value is -1.96. The summed E-state index contributed by atoms with van der Waals surface area (Å²) in [5.74, 6) is 1.63. The Balaban J connectivity index is 2.18. The van der Waals surface area contributed by atoms with E-state index in [-0.39, 0.29) is 0 Å². The largest absolute Gasteiger partial charge is 0.497 e. The van der Waals surface area contributed by atoms with Crippen LogP contribution in [0.3, 0.4) is 0 Å². The molecule has 2 aromatic rings. The second-order valence-corrected chi connectivity index (χ2v) is 5.26. The Morgan fingerprint density at radius 3 is 1.90 bits per heavy atom. The molecule has 0 aliphatic rings. The van der Waals surface area contributed by atoms with Crippen LogP contribution < -0.4 is 9.47 Å². The number of methoxy groups -OCH3 is 2. The lowest BCUT2D eigenvalue weighted by Gasteiger charge is -2.09. The summed E-state index contributed by atoms with van der Waals surface area (Å²) in [6, 6.07) is 14.8. The summed E-state index contributed by atoms with van der Waals surface area (Å²) in [5, 5.41) is 0. The summed E-state index contributed by atoms with van der Waals surface area (Å²) in [7, 11) is 3.35. The van der Waals surface area contributed by atoms with Gasteiger partial charge in [-0.1, -0.05) is 44.0 Å². The number of rotatable bonds is 7. The molecule has 0 saturated heterocycles. The highest BCUT2D eigenvalue weighted by Gasteiger charge is 2.04. The molecule has 0 aliphatic heterocycles. The van der Waals surface area contributed by atoms with E-state index in [4.69, 9.17) is 9.47 Å². The van der Waals surface area contributed by atoms with Crippen LogP contribution in [-0.4, -0.2) is 14.2 Å². The topological polar surface area (TPSA) is 18.5 Å². The molecule has 0 aliphatic carbocycles. The fourth-order valence-electron chi connectivity index (χ4n) is 2.42. The number of aryl methyl sites for hydroxylation is 1. The zero-order chi connectivity index (χ0) is 15.1. The van der Waals surface area contributed by atoms with Gasteiger partial charge in [0, 0.05) is 6.07 Å². The van der Waals surface area contributed by atoms with Crippen LogP contribution >= 0.6 is 0 Å². The quantitative estimate of drug-likeness (QED) is 0.658. The van der Waals surface area contributed by atoms with Crippen LogP contribution in [-0.2, 0) is 6.42 Å². The van der Waals surface area contributed by atoms with Gasteiger partial charge in [-0.05, 0) is 41.7 Å². The summed E-state index contributed by atoms with van der Waals surface area (Å²) < 4.78 is 10.7. The van der Waals surface area contributed by atoms with Crippen LogP contribution in [0, 0.1) is 0 Å². The standard InChI is InChI=1S/C19H24O2/c1-4-5-6-7-15-8-10-16(11-9-15)17-12-18(20-2)14-19(13-17)21-3/h8-14H,4-7H2,1-3H3. The predicted octanol–water partition coefficient (Wildman–Crippen LogP) is 5.10. The van der Waals surface area contributed by atoms with Crippen molar-refractivity contribution in [1.82, 2.24) is 0 Å². The SMILES string of the molecule is CCCCCc1ccc(-c2cc(OC)cc(OC)c2)cc1. The second-order valence-electron chi connectivity index (χ2n) is 5.26. The lowest BCUT2D eigenvalue weighted by molar-refractivity contribution is 0.394. The first-order valence-corrected chi connectivity index (χ1v) is 7.59. The van der Waals surface area contributed by atoms with Crippen molar-refractivity contribution < 1.29 is 9.47 Å². The monoisotopic (exact) mass is 284 g/mol. The highest BCUT2D eigenvalue weighted by atomic mass is 16.5. The van der Waals surface area contributed by atoms with Gasteiger partial charge < -0.3 is 9.47 Å². The van der Waals surface area contributed by atoms with Crippen molar-refractivity contribution in [3.05, 3.63) is 48.0 Å². The molecular weight excluding hydrogens is 260 g/mol. The molecule has 0 radical (unpaired) electrons. The smallest absolute Gasteiger partial charge is 0.123 e. The average molecular weight is 284 g/mol. The molecular formula is C19H24O2. The molecule has 21 heavy (non-hydrogen) atoms. The van der Waals surface area contributed by atoms with Gasteiger partial charge in [0.1, 0.15) is 11.5 Å². The summed E-state index contributed by atoms with van der Waals surface area (Å²) in [6.45, 7) is 2.24. The van der Waals surface area contributed by atoms with Crippen molar-refractivity contribution in [2.24, 2.45) is 0 Å². The third-order valence-corrected chi connectivity index (χ3v) is 3.71. The maximum Gasteiger partial charge on any atom is 0.123 e. The zero-order valence-electron chi connectivity index (χ0n) is 13.2. The molecule has 0 unspecified atom stereocenters. The number of hydrogen-bond acceptors (Lipinski definition) is 2. The van der Waals surface area contributed by atoms with Crippen molar-refractivity contribution in [3.63, 3.8) is 0 Å². The van der Waals surface area contributed by atoms with Crippen LogP contribution in [0.1, 0.15) is 31.7 Å². The van der Waals surface area contributed by atoms with Crippen LogP contribution in [0.25, 0.3) is 11.1 Å². The van der Waals surface area contributed by atoms with E-state index < -0.39 is 0 Å². The first kappa shape index (κ1) is 15.4. The van der Waals surface area contributed by atoms with E-state index in [1.807, 2.05) is 18.2 Å². The Labute approximate surface area is 127 Å². The molecule has 0 amide bonds. The number of ether oxygens (including phenoxy) is 2. The summed E-state index contributed by atoms with van der Waals surface area (Å²) >= 11 is 0. The average Bonchev–Trinajstić information content (AvgIpc) is 2.55. The van der Waals surface area contributed by atoms with Gasteiger partial charge in [0.15, 0.2) is 0 Å². The van der Waals surface area contributed by atoms with E-state index in [0.29, 0.717) is 0 Å². The summed E-state index contributed by atoms with van der Waals surface area (Å²) in [4.78, 5) is 0. The Morgan fingerprint density at radius 1 is 0.762 bits per heavy atom. The van der Waals surface area contributed by atoms with E-state index in [0.717, 1.165) is 23.5 Å². The molecule has 2 aromatic carbocycles. The van der Waals surface area contributed by atoms with E-state index in [2.05, 4.69) is 31.2 Å². The van der Waals surface area contributed by atoms with Gasteiger partial charge >= 0.3 is 0 Å². The van der Waals surface area contributed by atoms with Gasteiger partial charge in [-0.3, -0.25) is 0 Å². The van der Waals surface area contributed by atoms with Gasteiger partial charge in [-0.15, -0.1) is 0 Å². The maximum absolute atomic E-state index is 5.33. The number of hydrogen-bond donors (Lipinski definition) is 0. The van der Waals surface area contributed by atoms with Gasteiger partial charge in [-0.2, -0.15) is 0 Å². The first-order valence-electron chi connectivity index (χ1n) is 7.59. The molecule has 112 valence electrons. The summed E-state index contributed by atoms with van der Waals surface area (Å²) in [5.41, 5.74) is 3.71. The Kier molecular flexibility index (Phi) is 5.68. The molecule has 0 fully saturated rings. The van der Waals surface area contributed by atoms with Crippen molar-refractivity contribution in [2.45, 2.75) is 32.6 Å². The molecule has 2 rings (SSSR count). The third kappa shape index (κ3) is 4.25. The second kappa shape index (κ2) is 7.72. The minimum absolute atomic E-state index is 0.816. The lowest BCUT2D eigenvalue weighted by Crippen LogP contribution is -1.89. The van der Waals surface area contributed by atoms with E-state index in [1.54, 1.807) is 14.2 Å². The third-order valence-electron chi connectivity index (χ3n) is 3.71. The van der Waals surface area contributed by atoms with Crippen molar-refractivity contribution in [1.29, 1.82) is 0 Å². The highest BCUT2D eigenvalue weighted by Crippen LogP contribution is 2.30. The summed E-state index contributed by atoms with van der Waals surface area (Å²) in [6.07, 6.45) is 4.99. The molecule has 0 bridgehead atoms. The molecule has 0 aromatic heterocycles. The lowest BCUT2D eigenvalue weighted by atomic mass is 10.0. The van der Waals surface area contributed by atoms with Crippen LogP contribution in [0.2, 0.25) is 0 Å². The normalized spacial score (nSPS) is 10.4. The fraction of sp³-hybridized carbons (Fsp3) is 0.368. The highest BCUT2D eigenvalue weighted by molar-refractivity contribution is 5.67. The van der Waals surface area contributed by atoms with Crippen molar-refractivity contribution >= 4 is 0 Å². The number of benzene rings is 2. The molecule has 2 heteroatoms. The molecule has 0 spiro atoms. The van der Waals surface area contributed by atoms with E-state index in [9.17, 15) is 0 Å². The first-order chi connectivity index (χ1) is 10.3. The van der Waals surface area contributed by atoms with E-state index in [1.165, 1.54) is 30.4 Å². The molecule has 2 nitrogen and oxygen atoms in total. The Morgan fingerprint density at radius 2 is 1.38 bits per heavy atom. The molecule has 0 saturated carbocycles. The molecule has 0 atom stereocenters. The molecule has 0 heterocycles. The minimum Gasteiger partial charge on any atom is -0.497 e. The zero-order valence-corrected chi connectivity index (χ0v) is 13.2. The van der Waals surface area contributed by atoms with Crippen molar-refractivity contribution in [2.75, 3.05) is 14.2 Å². The number of unbranched alkanes of at least 4 members (excludes halogenated alkanes) is 2. The van der Waals surface area contributed by atoms with Crippen LogP contribution in [0.5, 0.6) is 11.5 Å². The van der Waals surface area contributed by atoms with Gasteiger partial charge in [-0.25, -0.2) is 0 Å². The Bertz CT molecular complexity index is 536. The van der Waals surface area contributed by atoms with E-state index >= 15 is 0 Å². The van der Waals surface area contributed by atoms with Crippen molar-refractivity contribution in [3.8, 4) is 22.6 Å².